The third-order valence-corrected chi connectivity index (χ3v) is 3.08. The average Bonchev–Trinajstić information content (AvgIpc) is 2.88. The molecular formula is C13H14N6. The number of anilines is 2. The van der Waals surface area contributed by atoms with Gasteiger partial charge in [-0.2, -0.15) is 0 Å². The summed E-state index contributed by atoms with van der Waals surface area (Å²) >= 11 is 0. The van der Waals surface area contributed by atoms with E-state index in [0.29, 0.717) is 29.3 Å². The summed E-state index contributed by atoms with van der Waals surface area (Å²) in [4.78, 5) is 4.18. The minimum absolute atomic E-state index is 0.378. The van der Waals surface area contributed by atoms with Crippen molar-refractivity contribution in [1.82, 2.24) is 14.6 Å². The van der Waals surface area contributed by atoms with E-state index in [2.05, 4.69) is 10.1 Å². The molecule has 2 aromatic heterocycles. The molecule has 0 saturated carbocycles. The molecule has 0 saturated heterocycles. The molecule has 2 heterocycles. The zero-order chi connectivity index (χ0) is 13.4. The fourth-order valence-corrected chi connectivity index (χ4v) is 2.10. The third kappa shape index (κ3) is 1.78. The topological polar surface area (TPSA) is 108 Å². The van der Waals surface area contributed by atoms with Crippen LogP contribution in [0.5, 0.6) is 0 Å². The van der Waals surface area contributed by atoms with Crippen molar-refractivity contribution in [1.29, 1.82) is 0 Å². The molecule has 0 bridgehead atoms. The molecule has 0 spiro atoms. The van der Waals surface area contributed by atoms with Gasteiger partial charge in [0.2, 0.25) is 0 Å². The number of nitrogens with zero attached hydrogens (tertiary/aromatic N) is 3. The molecular weight excluding hydrogens is 240 g/mol. The van der Waals surface area contributed by atoms with Crippen LogP contribution in [-0.4, -0.2) is 14.6 Å². The predicted molar refractivity (Wildman–Crippen MR) is 75.1 cm³/mol. The Morgan fingerprint density at radius 2 is 1.84 bits per heavy atom. The normalized spacial score (nSPS) is 11.0. The lowest BCUT2D eigenvalue weighted by Crippen LogP contribution is -2.05. The number of nitrogens with two attached hydrogens (primary N) is 3. The fourth-order valence-electron chi connectivity index (χ4n) is 2.10. The molecule has 96 valence electrons. The lowest BCUT2D eigenvalue weighted by molar-refractivity contribution is 0.949. The smallest absolute Gasteiger partial charge is 0.177 e. The summed E-state index contributed by atoms with van der Waals surface area (Å²) in [5.41, 5.74) is 21.5. The zero-order valence-electron chi connectivity index (χ0n) is 10.2. The lowest BCUT2D eigenvalue weighted by atomic mass is 10.0. The van der Waals surface area contributed by atoms with Crippen LogP contribution in [0.2, 0.25) is 0 Å². The maximum atomic E-state index is 6.14. The van der Waals surface area contributed by atoms with Crippen LogP contribution in [0, 0.1) is 0 Å². The van der Waals surface area contributed by atoms with Crippen LogP contribution in [0.4, 0.5) is 11.5 Å². The first-order chi connectivity index (χ1) is 9.20. The van der Waals surface area contributed by atoms with Crippen molar-refractivity contribution in [2.75, 3.05) is 11.5 Å². The first-order valence-electron chi connectivity index (χ1n) is 5.88. The van der Waals surface area contributed by atoms with Crippen LogP contribution in [0.3, 0.4) is 0 Å². The van der Waals surface area contributed by atoms with E-state index < -0.39 is 0 Å². The molecule has 1 aromatic carbocycles. The van der Waals surface area contributed by atoms with Gasteiger partial charge >= 0.3 is 0 Å². The van der Waals surface area contributed by atoms with Crippen molar-refractivity contribution in [3.8, 4) is 11.1 Å². The molecule has 0 radical (unpaired) electrons. The molecule has 3 rings (SSSR count). The number of benzene rings is 1. The van der Waals surface area contributed by atoms with E-state index >= 15 is 0 Å². The minimum atomic E-state index is 0.378. The Labute approximate surface area is 109 Å². The van der Waals surface area contributed by atoms with E-state index in [1.165, 1.54) is 0 Å². The highest BCUT2D eigenvalue weighted by atomic mass is 15.3. The summed E-state index contributed by atoms with van der Waals surface area (Å²) in [7, 11) is 0. The molecule has 6 heteroatoms. The Hall–Kier alpha value is -2.60. The van der Waals surface area contributed by atoms with Gasteiger partial charge in [-0.1, -0.05) is 24.3 Å². The van der Waals surface area contributed by atoms with Crippen molar-refractivity contribution < 1.29 is 0 Å². The number of imidazole rings is 1. The van der Waals surface area contributed by atoms with Gasteiger partial charge in [0.05, 0.1) is 11.3 Å². The Morgan fingerprint density at radius 3 is 2.53 bits per heavy atom. The third-order valence-electron chi connectivity index (χ3n) is 3.08. The van der Waals surface area contributed by atoms with Crippen LogP contribution < -0.4 is 17.2 Å². The molecule has 0 amide bonds. The minimum Gasteiger partial charge on any atom is -0.395 e. The van der Waals surface area contributed by atoms with Crippen molar-refractivity contribution in [3.05, 3.63) is 42.2 Å². The average molecular weight is 254 g/mol. The molecule has 0 atom stereocenters. The van der Waals surface area contributed by atoms with Crippen molar-refractivity contribution in [2.24, 2.45) is 5.73 Å². The highest BCUT2D eigenvalue weighted by Gasteiger charge is 2.13. The summed E-state index contributed by atoms with van der Waals surface area (Å²) < 4.78 is 1.57. The molecule has 19 heavy (non-hydrogen) atoms. The number of aromatic nitrogens is 3. The van der Waals surface area contributed by atoms with Gasteiger partial charge in [0.25, 0.3) is 0 Å². The summed E-state index contributed by atoms with van der Waals surface area (Å²) in [6, 6.07) is 7.77. The standard InChI is InChI=1S/C13H14N6/c14-7-8-1-3-9(4-2-8)10-11(15)13-17-5-6-19(13)18-12(10)16/h1-6H,7,14-15H2,(H2,16,18). The number of rotatable bonds is 2. The summed E-state index contributed by atoms with van der Waals surface area (Å²) in [6.07, 6.45) is 3.35. The largest absolute Gasteiger partial charge is 0.395 e. The van der Waals surface area contributed by atoms with Crippen LogP contribution >= 0.6 is 0 Å². The van der Waals surface area contributed by atoms with Gasteiger partial charge in [-0.15, -0.1) is 5.10 Å². The predicted octanol–water partition coefficient (Wildman–Crippen LogP) is 1.02. The van der Waals surface area contributed by atoms with Crippen LogP contribution in [0.25, 0.3) is 16.8 Å². The van der Waals surface area contributed by atoms with E-state index in [9.17, 15) is 0 Å². The van der Waals surface area contributed by atoms with E-state index in [-0.39, 0.29) is 0 Å². The second kappa shape index (κ2) is 4.25. The number of nitrogen functional groups attached to an aromatic ring is 2. The van der Waals surface area contributed by atoms with Gasteiger partial charge in [-0.25, -0.2) is 9.50 Å². The first kappa shape index (κ1) is 11.5. The van der Waals surface area contributed by atoms with Gasteiger partial charge in [0.15, 0.2) is 11.5 Å². The Bertz CT molecular complexity index is 729. The van der Waals surface area contributed by atoms with E-state index in [1.807, 2.05) is 24.3 Å². The van der Waals surface area contributed by atoms with Crippen LogP contribution in [-0.2, 0) is 6.54 Å². The van der Waals surface area contributed by atoms with E-state index in [0.717, 1.165) is 11.1 Å². The zero-order valence-corrected chi connectivity index (χ0v) is 10.2. The van der Waals surface area contributed by atoms with Crippen molar-refractivity contribution >= 4 is 17.2 Å². The summed E-state index contributed by atoms with van der Waals surface area (Å²) in [6.45, 7) is 0.503. The molecule has 6 N–H and O–H groups in total. The summed E-state index contributed by atoms with van der Waals surface area (Å²) in [5, 5.41) is 4.24. The Kier molecular flexibility index (Phi) is 2.57. The first-order valence-corrected chi connectivity index (χ1v) is 5.88. The monoisotopic (exact) mass is 254 g/mol. The SMILES string of the molecule is NCc1ccc(-c2c(N)nn3ccnc3c2N)cc1. The molecule has 0 aliphatic carbocycles. The molecule has 0 aliphatic rings. The maximum Gasteiger partial charge on any atom is 0.177 e. The number of hydrogen-bond donors (Lipinski definition) is 3. The van der Waals surface area contributed by atoms with Crippen molar-refractivity contribution in [2.45, 2.75) is 6.54 Å². The molecule has 0 fully saturated rings. The number of fused-ring (bicyclic) bond motifs is 1. The van der Waals surface area contributed by atoms with Crippen molar-refractivity contribution in [3.63, 3.8) is 0 Å². The van der Waals surface area contributed by atoms with Crippen LogP contribution in [0.1, 0.15) is 5.56 Å². The lowest BCUT2D eigenvalue weighted by Gasteiger charge is -2.10. The highest BCUT2D eigenvalue weighted by molar-refractivity contribution is 5.90. The van der Waals surface area contributed by atoms with Gasteiger partial charge in [0, 0.05) is 18.9 Å². The van der Waals surface area contributed by atoms with E-state index in [4.69, 9.17) is 17.2 Å². The van der Waals surface area contributed by atoms with Crippen LogP contribution in [0.15, 0.2) is 36.7 Å². The number of hydrogen-bond acceptors (Lipinski definition) is 5. The fraction of sp³-hybridized carbons (Fsp3) is 0.0769. The highest BCUT2D eigenvalue weighted by Crippen LogP contribution is 2.32. The summed E-state index contributed by atoms with van der Waals surface area (Å²) in [5.74, 6) is 0.378. The van der Waals surface area contributed by atoms with Gasteiger partial charge in [-0.3, -0.25) is 0 Å². The quantitative estimate of drug-likeness (QED) is 0.632. The second-order valence-corrected chi connectivity index (χ2v) is 4.27. The molecule has 6 nitrogen and oxygen atoms in total. The molecule has 0 unspecified atom stereocenters. The van der Waals surface area contributed by atoms with E-state index in [1.54, 1.807) is 16.9 Å². The second-order valence-electron chi connectivity index (χ2n) is 4.27. The van der Waals surface area contributed by atoms with Gasteiger partial charge in [-0.05, 0) is 11.1 Å². The molecule has 0 aliphatic heterocycles. The molecule has 3 aromatic rings. The van der Waals surface area contributed by atoms with Gasteiger partial charge in [0.1, 0.15) is 0 Å². The maximum absolute atomic E-state index is 6.14. The Morgan fingerprint density at radius 1 is 1.11 bits per heavy atom. The van der Waals surface area contributed by atoms with Gasteiger partial charge < -0.3 is 17.2 Å². The Balaban J connectivity index is 2.22.